The predicted molar refractivity (Wildman–Crippen MR) is 107 cm³/mol. The maximum Gasteiger partial charge on any atom is 0.297 e. The Labute approximate surface area is 171 Å². The van der Waals surface area contributed by atoms with Crippen LogP contribution in [0.3, 0.4) is 0 Å². The summed E-state index contributed by atoms with van der Waals surface area (Å²) in [4.78, 5) is 0.0409. The van der Waals surface area contributed by atoms with Gasteiger partial charge in [-0.15, -0.1) is 11.6 Å². The molecule has 2 aromatic carbocycles. The van der Waals surface area contributed by atoms with Crippen LogP contribution in [0.4, 0.5) is 0 Å². The smallest absolute Gasteiger partial charge is 0.297 e. The summed E-state index contributed by atoms with van der Waals surface area (Å²) in [6, 6.07) is 16.0. The molecule has 0 bridgehead atoms. The zero-order valence-electron chi connectivity index (χ0n) is 15.7. The number of halogens is 1. The number of hydrogen-bond donors (Lipinski definition) is 1. The fraction of sp³-hybridized carbons (Fsp3) is 0.400. The summed E-state index contributed by atoms with van der Waals surface area (Å²) in [6.07, 6.45) is -1.53. The Bertz CT molecular complexity index is 795. The Morgan fingerprint density at radius 3 is 2.32 bits per heavy atom. The molecule has 2 rings (SSSR count). The third-order valence-corrected chi connectivity index (χ3v) is 5.48. The SMILES string of the molecule is Cc1ccc(S(=O)(=O)OC[C@@H](O)CO[C@H](CCl)COCc2ccccc2)cc1. The monoisotopic (exact) mass is 428 g/mol. The number of aliphatic hydroxyl groups excluding tert-OH is 1. The largest absolute Gasteiger partial charge is 0.388 e. The van der Waals surface area contributed by atoms with Gasteiger partial charge in [0.05, 0.1) is 43.3 Å². The standard InChI is InChI=1S/C20H25ClO6S/c1-16-7-9-20(10-8-16)28(23,24)27-14-18(22)13-26-19(11-21)15-25-12-17-5-3-2-4-6-17/h2-10,18-19,22H,11-15H2,1H3/t18-,19+/m0/s1. The molecular formula is C20H25ClO6S. The quantitative estimate of drug-likeness (QED) is 0.413. The first-order valence-corrected chi connectivity index (χ1v) is 10.8. The van der Waals surface area contributed by atoms with Gasteiger partial charge in [0.2, 0.25) is 0 Å². The zero-order valence-corrected chi connectivity index (χ0v) is 17.2. The van der Waals surface area contributed by atoms with Gasteiger partial charge < -0.3 is 14.6 Å². The molecule has 0 aliphatic carbocycles. The summed E-state index contributed by atoms with van der Waals surface area (Å²) >= 11 is 5.86. The maximum absolute atomic E-state index is 12.1. The van der Waals surface area contributed by atoms with Gasteiger partial charge >= 0.3 is 0 Å². The molecule has 0 aromatic heterocycles. The molecule has 0 radical (unpaired) electrons. The van der Waals surface area contributed by atoms with Crippen LogP contribution < -0.4 is 0 Å². The number of alkyl halides is 1. The van der Waals surface area contributed by atoms with E-state index in [2.05, 4.69) is 0 Å². The molecule has 154 valence electrons. The molecule has 0 spiro atoms. The Balaban J connectivity index is 1.71. The van der Waals surface area contributed by atoms with Gasteiger partial charge in [0, 0.05) is 0 Å². The molecule has 0 amide bonds. The fourth-order valence-electron chi connectivity index (χ4n) is 2.26. The van der Waals surface area contributed by atoms with Crippen LogP contribution >= 0.6 is 11.6 Å². The van der Waals surface area contributed by atoms with Gasteiger partial charge in [-0.2, -0.15) is 8.42 Å². The Hall–Kier alpha value is -1.48. The number of aliphatic hydroxyl groups is 1. The molecule has 0 unspecified atom stereocenters. The number of hydrogen-bond acceptors (Lipinski definition) is 6. The van der Waals surface area contributed by atoms with Crippen LogP contribution in [0.25, 0.3) is 0 Å². The van der Waals surface area contributed by atoms with E-state index in [1.54, 1.807) is 12.1 Å². The summed E-state index contributed by atoms with van der Waals surface area (Å²) in [6.45, 7) is 2.02. The molecule has 0 saturated heterocycles. The van der Waals surface area contributed by atoms with Crippen molar-refractivity contribution in [3.8, 4) is 0 Å². The second kappa shape index (κ2) is 11.5. The van der Waals surface area contributed by atoms with Crippen molar-refractivity contribution in [2.75, 3.05) is 25.7 Å². The zero-order chi connectivity index (χ0) is 20.4. The number of rotatable bonds is 12. The maximum atomic E-state index is 12.1. The average Bonchev–Trinajstić information content (AvgIpc) is 2.70. The topological polar surface area (TPSA) is 82.1 Å². The minimum atomic E-state index is -3.93. The summed E-state index contributed by atoms with van der Waals surface area (Å²) in [7, 11) is -3.93. The summed E-state index contributed by atoms with van der Waals surface area (Å²) < 4.78 is 40.2. The lowest BCUT2D eigenvalue weighted by molar-refractivity contribution is -0.0505. The van der Waals surface area contributed by atoms with Crippen LogP contribution in [0.2, 0.25) is 0 Å². The van der Waals surface area contributed by atoms with Crippen molar-refractivity contribution in [2.45, 2.75) is 30.6 Å². The molecule has 2 atom stereocenters. The van der Waals surface area contributed by atoms with Crippen LogP contribution in [0, 0.1) is 6.92 Å². The molecule has 2 aromatic rings. The average molecular weight is 429 g/mol. The van der Waals surface area contributed by atoms with Crippen molar-refractivity contribution < 1.29 is 27.2 Å². The number of ether oxygens (including phenoxy) is 2. The fourth-order valence-corrected chi connectivity index (χ4v) is 3.38. The van der Waals surface area contributed by atoms with E-state index in [-0.39, 0.29) is 24.0 Å². The Morgan fingerprint density at radius 1 is 1.00 bits per heavy atom. The molecule has 1 N–H and O–H groups in total. The molecule has 6 nitrogen and oxygen atoms in total. The van der Waals surface area contributed by atoms with Gasteiger partial charge in [-0.25, -0.2) is 0 Å². The first-order valence-electron chi connectivity index (χ1n) is 8.84. The van der Waals surface area contributed by atoms with Gasteiger partial charge in [-0.3, -0.25) is 4.18 Å². The van der Waals surface area contributed by atoms with Crippen molar-refractivity contribution in [1.82, 2.24) is 0 Å². The molecule has 0 fully saturated rings. The van der Waals surface area contributed by atoms with Crippen molar-refractivity contribution >= 4 is 21.7 Å². The minimum absolute atomic E-state index is 0.0409. The van der Waals surface area contributed by atoms with Gasteiger partial charge in [-0.05, 0) is 24.6 Å². The molecule has 8 heteroatoms. The lowest BCUT2D eigenvalue weighted by atomic mass is 10.2. The highest BCUT2D eigenvalue weighted by Crippen LogP contribution is 2.13. The van der Waals surface area contributed by atoms with Crippen LogP contribution in [0.1, 0.15) is 11.1 Å². The van der Waals surface area contributed by atoms with E-state index >= 15 is 0 Å². The van der Waals surface area contributed by atoms with Crippen molar-refractivity contribution in [3.63, 3.8) is 0 Å². The van der Waals surface area contributed by atoms with Crippen molar-refractivity contribution in [1.29, 1.82) is 0 Å². The second-order valence-electron chi connectivity index (χ2n) is 6.32. The number of benzene rings is 2. The molecular weight excluding hydrogens is 404 g/mol. The Morgan fingerprint density at radius 2 is 1.68 bits per heavy atom. The summed E-state index contributed by atoms with van der Waals surface area (Å²) in [5.41, 5.74) is 1.97. The van der Waals surface area contributed by atoms with Crippen LogP contribution in [-0.4, -0.2) is 51.4 Å². The van der Waals surface area contributed by atoms with E-state index < -0.39 is 28.9 Å². The number of aryl methyl sites for hydroxylation is 1. The molecule has 28 heavy (non-hydrogen) atoms. The lowest BCUT2D eigenvalue weighted by Gasteiger charge is -2.18. The van der Waals surface area contributed by atoms with E-state index in [9.17, 15) is 13.5 Å². The van der Waals surface area contributed by atoms with Crippen LogP contribution in [-0.2, 0) is 30.4 Å². The third kappa shape index (κ3) is 7.87. The first-order chi connectivity index (χ1) is 13.4. The highest BCUT2D eigenvalue weighted by Gasteiger charge is 2.18. The Kier molecular flexibility index (Phi) is 9.37. The molecule has 0 aliphatic rings. The van der Waals surface area contributed by atoms with Crippen LogP contribution in [0.15, 0.2) is 59.5 Å². The van der Waals surface area contributed by atoms with Gasteiger partial charge in [0.15, 0.2) is 0 Å². The van der Waals surface area contributed by atoms with E-state index in [1.807, 2.05) is 37.3 Å². The van der Waals surface area contributed by atoms with E-state index in [4.69, 9.17) is 25.3 Å². The second-order valence-corrected chi connectivity index (χ2v) is 8.24. The van der Waals surface area contributed by atoms with E-state index in [0.717, 1.165) is 11.1 Å². The van der Waals surface area contributed by atoms with Gasteiger partial charge in [0.1, 0.15) is 6.10 Å². The highest BCUT2D eigenvalue weighted by atomic mass is 35.5. The van der Waals surface area contributed by atoms with Gasteiger partial charge in [0.25, 0.3) is 10.1 Å². The van der Waals surface area contributed by atoms with E-state index in [1.165, 1.54) is 12.1 Å². The predicted octanol–water partition coefficient (Wildman–Crippen LogP) is 2.90. The molecule has 0 aliphatic heterocycles. The van der Waals surface area contributed by atoms with Crippen LogP contribution in [0.5, 0.6) is 0 Å². The van der Waals surface area contributed by atoms with E-state index in [0.29, 0.717) is 6.61 Å². The lowest BCUT2D eigenvalue weighted by Crippen LogP contribution is -2.30. The highest BCUT2D eigenvalue weighted by molar-refractivity contribution is 7.86. The normalized spacial score (nSPS) is 14.0. The summed E-state index contributed by atoms with van der Waals surface area (Å²) in [5, 5.41) is 9.95. The summed E-state index contributed by atoms with van der Waals surface area (Å²) in [5.74, 6) is 0.185. The van der Waals surface area contributed by atoms with Gasteiger partial charge in [-0.1, -0.05) is 48.0 Å². The molecule has 0 saturated carbocycles. The van der Waals surface area contributed by atoms with Crippen molar-refractivity contribution in [2.24, 2.45) is 0 Å². The molecule has 0 heterocycles. The first kappa shape index (κ1) is 22.8. The third-order valence-electron chi connectivity index (χ3n) is 3.84. The minimum Gasteiger partial charge on any atom is -0.388 e. The van der Waals surface area contributed by atoms with Crippen molar-refractivity contribution in [3.05, 3.63) is 65.7 Å².